The minimum absolute atomic E-state index is 0.165. The van der Waals surface area contributed by atoms with Crippen molar-refractivity contribution >= 4 is 0 Å². The van der Waals surface area contributed by atoms with Crippen LogP contribution < -0.4 is 0 Å². The average Bonchev–Trinajstić information content (AvgIpc) is 2.91. The maximum absolute atomic E-state index is 14.1. The Morgan fingerprint density at radius 3 is 2.62 bits per heavy atom. The number of hydrogen-bond donors (Lipinski definition) is 0. The van der Waals surface area contributed by atoms with Crippen LogP contribution in [0.2, 0.25) is 0 Å². The number of rotatable bonds is 2. The fourth-order valence-electron chi connectivity index (χ4n) is 4.55. The van der Waals surface area contributed by atoms with E-state index >= 15 is 0 Å². The van der Waals surface area contributed by atoms with E-state index in [9.17, 15) is 8.78 Å². The van der Waals surface area contributed by atoms with E-state index in [0.717, 1.165) is 55.9 Å². The van der Waals surface area contributed by atoms with Gasteiger partial charge >= 0.3 is 0 Å². The SMILES string of the molecule is C/C1=C/C=C(C2(c3nnc4n3CCCCCC4)CC(F)(F)C2)\C=C/CC1. The Hall–Kier alpha value is -1.78. The Morgan fingerprint density at radius 2 is 1.81 bits per heavy atom. The van der Waals surface area contributed by atoms with Gasteiger partial charge in [-0.25, -0.2) is 8.78 Å². The molecule has 1 aliphatic heterocycles. The topological polar surface area (TPSA) is 30.7 Å². The average molecular weight is 359 g/mol. The van der Waals surface area contributed by atoms with Crippen molar-refractivity contribution in [2.45, 2.75) is 82.6 Å². The summed E-state index contributed by atoms with van der Waals surface area (Å²) in [6, 6.07) is 0. The van der Waals surface area contributed by atoms with Crippen LogP contribution in [0.4, 0.5) is 8.78 Å². The molecule has 1 saturated carbocycles. The smallest absolute Gasteiger partial charge is 0.250 e. The van der Waals surface area contributed by atoms with E-state index in [4.69, 9.17) is 0 Å². The second kappa shape index (κ2) is 6.75. The molecule has 140 valence electrons. The normalized spacial score (nSPS) is 30.1. The molecule has 26 heavy (non-hydrogen) atoms. The lowest BCUT2D eigenvalue weighted by atomic mass is 9.60. The first kappa shape index (κ1) is 17.6. The van der Waals surface area contributed by atoms with Crippen LogP contribution in [-0.2, 0) is 18.4 Å². The monoisotopic (exact) mass is 359 g/mol. The van der Waals surface area contributed by atoms with Crippen molar-refractivity contribution in [3.05, 3.63) is 47.1 Å². The van der Waals surface area contributed by atoms with Gasteiger partial charge in [-0.2, -0.15) is 0 Å². The van der Waals surface area contributed by atoms with Crippen molar-refractivity contribution in [1.82, 2.24) is 14.8 Å². The molecule has 3 nitrogen and oxygen atoms in total. The maximum atomic E-state index is 14.1. The van der Waals surface area contributed by atoms with Crippen LogP contribution in [0, 0.1) is 0 Å². The van der Waals surface area contributed by atoms with Gasteiger partial charge in [0.25, 0.3) is 5.92 Å². The number of aryl methyl sites for hydroxylation is 1. The van der Waals surface area contributed by atoms with Crippen molar-refractivity contribution in [2.24, 2.45) is 0 Å². The third kappa shape index (κ3) is 3.17. The molecule has 0 spiro atoms. The predicted octanol–water partition coefficient (Wildman–Crippen LogP) is 5.28. The van der Waals surface area contributed by atoms with Gasteiger partial charge in [-0.15, -0.1) is 10.2 Å². The van der Waals surface area contributed by atoms with Crippen molar-refractivity contribution < 1.29 is 8.78 Å². The molecule has 2 aliphatic carbocycles. The number of hydrogen-bond acceptors (Lipinski definition) is 2. The van der Waals surface area contributed by atoms with E-state index in [1.807, 2.05) is 12.2 Å². The largest absolute Gasteiger partial charge is 0.314 e. The number of halogens is 2. The number of aromatic nitrogens is 3. The second-order valence-electron chi connectivity index (χ2n) is 8.12. The molecule has 1 aromatic rings. The summed E-state index contributed by atoms with van der Waals surface area (Å²) in [7, 11) is 0. The molecule has 0 radical (unpaired) electrons. The van der Waals surface area contributed by atoms with Gasteiger partial charge in [-0.05, 0) is 38.2 Å². The van der Waals surface area contributed by atoms with Gasteiger partial charge in [-0.1, -0.05) is 42.7 Å². The highest BCUT2D eigenvalue weighted by Crippen LogP contribution is 2.57. The Labute approximate surface area is 153 Å². The van der Waals surface area contributed by atoms with Crippen LogP contribution in [0.5, 0.6) is 0 Å². The highest BCUT2D eigenvalue weighted by molar-refractivity contribution is 5.44. The fraction of sp³-hybridized carbons (Fsp3) is 0.619. The number of allylic oxidation sites excluding steroid dienone is 6. The zero-order valence-corrected chi connectivity index (χ0v) is 15.5. The highest BCUT2D eigenvalue weighted by Gasteiger charge is 2.61. The molecule has 0 bridgehead atoms. The summed E-state index contributed by atoms with van der Waals surface area (Å²) in [5.41, 5.74) is 1.53. The molecule has 4 rings (SSSR count). The fourth-order valence-corrected chi connectivity index (χ4v) is 4.55. The lowest BCUT2D eigenvalue weighted by molar-refractivity contribution is -0.117. The van der Waals surface area contributed by atoms with Gasteiger partial charge in [0.15, 0.2) is 0 Å². The zero-order valence-electron chi connectivity index (χ0n) is 15.5. The molecule has 0 saturated heterocycles. The van der Waals surface area contributed by atoms with Crippen molar-refractivity contribution in [3.8, 4) is 0 Å². The van der Waals surface area contributed by atoms with Gasteiger partial charge in [0, 0.05) is 25.8 Å². The van der Waals surface area contributed by atoms with Gasteiger partial charge in [0.1, 0.15) is 11.6 Å². The lowest BCUT2D eigenvalue weighted by Crippen LogP contribution is -2.52. The first-order chi connectivity index (χ1) is 12.5. The first-order valence-electron chi connectivity index (χ1n) is 9.85. The van der Waals surface area contributed by atoms with E-state index in [-0.39, 0.29) is 12.8 Å². The van der Waals surface area contributed by atoms with Crippen LogP contribution in [-0.4, -0.2) is 20.7 Å². The molecule has 5 heteroatoms. The summed E-state index contributed by atoms with van der Waals surface area (Å²) in [4.78, 5) is 0. The molecule has 0 atom stereocenters. The molecule has 1 fully saturated rings. The summed E-state index contributed by atoms with van der Waals surface area (Å²) >= 11 is 0. The highest BCUT2D eigenvalue weighted by atomic mass is 19.3. The number of fused-ring (bicyclic) bond motifs is 1. The van der Waals surface area contributed by atoms with Gasteiger partial charge in [0.2, 0.25) is 0 Å². The summed E-state index contributed by atoms with van der Waals surface area (Å²) in [5.74, 6) is -0.900. The predicted molar refractivity (Wildman–Crippen MR) is 98.3 cm³/mol. The van der Waals surface area contributed by atoms with Crippen molar-refractivity contribution in [2.75, 3.05) is 0 Å². The number of alkyl halides is 2. The van der Waals surface area contributed by atoms with Gasteiger partial charge in [0.05, 0.1) is 5.41 Å². The van der Waals surface area contributed by atoms with E-state index < -0.39 is 11.3 Å². The number of nitrogens with zero attached hydrogens (tertiary/aromatic N) is 3. The Bertz CT molecular complexity index is 762. The van der Waals surface area contributed by atoms with Gasteiger partial charge < -0.3 is 4.57 Å². The lowest BCUT2D eigenvalue weighted by Gasteiger charge is -2.47. The van der Waals surface area contributed by atoms with Crippen LogP contribution in [0.15, 0.2) is 35.5 Å². The van der Waals surface area contributed by atoms with E-state index in [1.165, 1.54) is 18.4 Å². The molecule has 0 aromatic carbocycles. The molecule has 0 N–H and O–H groups in total. The Balaban J connectivity index is 1.79. The summed E-state index contributed by atoms with van der Waals surface area (Å²) in [5, 5.41) is 8.88. The van der Waals surface area contributed by atoms with Crippen LogP contribution >= 0.6 is 0 Å². The van der Waals surface area contributed by atoms with E-state index in [2.05, 4.69) is 33.8 Å². The third-order valence-corrected chi connectivity index (χ3v) is 6.01. The van der Waals surface area contributed by atoms with Crippen LogP contribution in [0.1, 0.15) is 69.9 Å². The van der Waals surface area contributed by atoms with E-state index in [0.29, 0.717) is 0 Å². The molecule has 0 amide bonds. The maximum Gasteiger partial charge on any atom is 0.250 e. The second-order valence-corrected chi connectivity index (χ2v) is 8.12. The summed E-state index contributed by atoms with van der Waals surface area (Å²) in [6.07, 6.45) is 15.4. The van der Waals surface area contributed by atoms with Crippen molar-refractivity contribution in [3.63, 3.8) is 0 Å². The summed E-state index contributed by atoms with van der Waals surface area (Å²) < 4.78 is 30.3. The first-order valence-corrected chi connectivity index (χ1v) is 9.85. The Morgan fingerprint density at radius 1 is 1.00 bits per heavy atom. The van der Waals surface area contributed by atoms with Crippen molar-refractivity contribution in [1.29, 1.82) is 0 Å². The van der Waals surface area contributed by atoms with E-state index in [1.54, 1.807) is 0 Å². The molecule has 1 aromatic heterocycles. The molecule has 2 heterocycles. The molecular weight excluding hydrogens is 332 g/mol. The minimum atomic E-state index is -2.62. The zero-order chi connectivity index (χ0) is 18.2. The summed E-state index contributed by atoms with van der Waals surface area (Å²) in [6.45, 7) is 2.94. The quantitative estimate of drug-likeness (QED) is 0.719. The molecular formula is C21H27F2N3. The Kier molecular flexibility index (Phi) is 4.57. The van der Waals surface area contributed by atoms with Crippen LogP contribution in [0.3, 0.4) is 0 Å². The molecule has 0 unspecified atom stereocenters. The minimum Gasteiger partial charge on any atom is -0.314 e. The van der Waals surface area contributed by atoms with Gasteiger partial charge in [-0.3, -0.25) is 0 Å². The standard InChI is InChI=1S/C21H27F2N3/c1-16-8-5-6-9-17(12-11-16)20(14-21(22,23)15-20)19-25-24-18-10-4-2-3-7-13-26(18)19/h6,9,11-12H,2-5,7-8,10,13-15H2,1H3/b9-6-,16-11-,17-12+. The third-order valence-electron chi connectivity index (χ3n) is 6.01. The van der Waals surface area contributed by atoms with Crippen LogP contribution in [0.25, 0.3) is 0 Å². The molecule has 3 aliphatic rings.